The number of ether oxygens (including phenoxy) is 1. The predicted molar refractivity (Wildman–Crippen MR) is 72.4 cm³/mol. The quantitative estimate of drug-likeness (QED) is 0.901. The zero-order chi connectivity index (χ0) is 12.5. The van der Waals surface area contributed by atoms with Crippen LogP contribution in [0.2, 0.25) is 0 Å². The average Bonchev–Trinajstić information content (AvgIpc) is 3.00. The summed E-state index contributed by atoms with van der Waals surface area (Å²) in [6.07, 6.45) is 4.08. The van der Waals surface area contributed by atoms with Crippen LogP contribution in [0.4, 0.5) is 0 Å². The first kappa shape index (κ1) is 12.9. The molecule has 0 bridgehead atoms. The van der Waals surface area contributed by atoms with Crippen molar-refractivity contribution in [1.82, 2.24) is 0 Å². The van der Waals surface area contributed by atoms with Gasteiger partial charge in [0.2, 0.25) is 0 Å². The van der Waals surface area contributed by atoms with Crippen LogP contribution in [0.1, 0.15) is 31.7 Å². The summed E-state index contributed by atoms with van der Waals surface area (Å²) in [5.74, 6) is 1.58. The summed E-state index contributed by atoms with van der Waals surface area (Å²) in [5.41, 5.74) is 0.433. The summed E-state index contributed by atoms with van der Waals surface area (Å²) in [5, 5.41) is 10.4. The number of methoxy groups -OCH3 is 1. The summed E-state index contributed by atoms with van der Waals surface area (Å²) in [6, 6.07) is 5.92. The number of hydrogen-bond donors (Lipinski definition) is 1. The lowest BCUT2D eigenvalue weighted by Gasteiger charge is -2.24. The highest BCUT2D eigenvalue weighted by Gasteiger charge is 2.32. The topological polar surface area (TPSA) is 29.5 Å². The van der Waals surface area contributed by atoms with Gasteiger partial charge in [-0.1, -0.05) is 28.8 Å². The first-order valence-corrected chi connectivity index (χ1v) is 6.84. The predicted octanol–water partition coefficient (Wildman–Crippen LogP) is 3.55. The fourth-order valence-electron chi connectivity index (χ4n) is 2.31. The molecule has 0 heterocycles. The van der Waals surface area contributed by atoms with Gasteiger partial charge in [-0.2, -0.15) is 0 Å². The summed E-state index contributed by atoms with van der Waals surface area (Å²) >= 11 is 3.46. The Morgan fingerprint density at radius 3 is 2.76 bits per heavy atom. The third kappa shape index (κ3) is 3.71. The zero-order valence-electron chi connectivity index (χ0n) is 10.4. The van der Waals surface area contributed by atoms with Crippen molar-refractivity contribution < 1.29 is 9.84 Å². The number of rotatable bonds is 5. The lowest BCUT2D eigenvalue weighted by atomic mass is 9.91. The normalized spacial score (nSPS) is 18.8. The van der Waals surface area contributed by atoms with Gasteiger partial charge >= 0.3 is 0 Å². The van der Waals surface area contributed by atoms with Crippen molar-refractivity contribution in [3.05, 3.63) is 28.2 Å². The van der Waals surface area contributed by atoms with Crippen molar-refractivity contribution >= 4 is 15.9 Å². The van der Waals surface area contributed by atoms with E-state index in [0.29, 0.717) is 6.42 Å². The molecule has 1 aromatic rings. The van der Waals surface area contributed by atoms with E-state index in [9.17, 15) is 5.11 Å². The van der Waals surface area contributed by atoms with Crippen molar-refractivity contribution in [2.45, 2.75) is 38.2 Å². The van der Waals surface area contributed by atoms with E-state index in [0.717, 1.165) is 28.1 Å². The molecule has 0 aliphatic heterocycles. The highest BCUT2D eigenvalue weighted by molar-refractivity contribution is 9.10. The summed E-state index contributed by atoms with van der Waals surface area (Å²) in [6.45, 7) is 1.92. The fourth-order valence-corrected chi connectivity index (χ4v) is 2.72. The second-order valence-electron chi connectivity index (χ2n) is 5.28. The molecule has 0 saturated heterocycles. The molecule has 94 valence electrons. The molecule has 1 atom stereocenters. The van der Waals surface area contributed by atoms with Crippen molar-refractivity contribution in [1.29, 1.82) is 0 Å². The van der Waals surface area contributed by atoms with Gasteiger partial charge in [-0.15, -0.1) is 0 Å². The highest BCUT2D eigenvalue weighted by Crippen LogP contribution is 2.38. The molecule has 1 aliphatic carbocycles. The van der Waals surface area contributed by atoms with E-state index >= 15 is 0 Å². The van der Waals surface area contributed by atoms with E-state index in [1.54, 1.807) is 7.11 Å². The fraction of sp³-hybridized carbons (Fsp3) is 0.571. The van der Waals surface area contributed by atoms with Crippen LogP contribution in [-0.4, -0.2) is 17.8 Å². The van der Waals surface area contributed by atoms with Gasteiger partial charge in [0.05, 0.1) is 12.7 Å². The van der Waals surface area contributed by atoms with E-state index < -0.39 is 5.60 Å². The molecule has 17 heavy (non-hydrogen) atoms. The number of hydrogen-bond acceptors (Lipinski definition) is 2. The number of aliphatic hydroxyl groups is 1. The van der Waals surface area contributed by atoms with Crippen LogP contribution in [0.25, 0.3) is 0 Å². The molecule has 0 radical (unpaired) electrons. The Labute approximate surface area is 111 Å². The minimum absolute atomic E-state index is 0.630. The molecule has 0 aromatic heterocycles. The SMILES string of the molecule is COc1ccc(Br)cc1CC(C)(O)CC1CC1. The Hall–Kier alpha value is -0.540. The van der Waals surface area contributed by atoms with Crippen LogP contribution >= 0.6 is 15.9 Å². The van der Waals surface area contributed by atoms with Gasteiger partial charge in [0.25, 0.3) is 0 Å². The first-order chi connectivity index (χ1) is 8.00. The second-order valence-corrected chi connectivity index (χ2v) is 6.19. The lowest BCUT2D eigenvalue weighted by Crippen LogP contribution is -2.28. The molecular formula is C14H19BrO2. The van der Waals surface area contributed by atoms with E-state index in [4.69, 9.17) is 4.74 Å². The van der Waals surface area contributed by atoms with E-state index in [1.165, 1.54) is 12.8 Å². The maximum Gasteiger partial charge on any atom is 0.122 e. The monoisotopic (exact) mass is 298 g/mol. The smallest absolute Gasteiger partial charge is 0.122 e. The van der Waals surface area contributed by atoms with Gasteiger partial charge < -0.3 is 9.84 Å². The minimum Gasteiger partial charge on any atom is -0.496 e. The molecule has 2 rings (SSSR count). The van der Waals surface area contributed by atoms with Gasteiger partial charge in [-0.25, -0.2) is 0 Å². The summed E-state index contributed by atoms with van der Waals surface area (Å²) in [4.78, 5) is 0. The third-order valence-corrected chi connectivity index (χ3v) is 3.73. The van der Waals surface area contributed by atoms with Gasteiger partial charge in [0.15, 0.2) is 0 Å². The van der Waals surface area contributed by atoms with Crippen LogP contribution in [0.15, 0.2) is 22.7 Å². The third-order valence-electron chi connectivity index (χ3n) is 3.24. The summed E-state index contributed by atoms with van der Waals surface area (Å²) in [7, 11) is 1.67. The standard InChI is InChI=1S/C14H19BrO2/c1-14(16,8-10-3-4-10)9-11-7-12(15)5-6-13(11)17-2/h5-7,10,16H,3-4,8-9H2,1-2H3. The minimum atomic E-state index is -0.630. The second kappa shape index (κ2) is 4.99. The molecule has 1 unspecified atom stereocenters. The average molecular weight is 299 g/mol. The van der Waals surface area contributed by atoms with Crippen LogP contribution in [-0.2, 0) is 6.42 Å². The Bertz CT molecular complexity index is 397. The van der Waals surface area contributed by atoms with E-state index in [-0.39, 0.29) is 0 Å². The molecule has 0 spiro atoms. The maximum atomic E-state index is 10.4. The van der Waals surface area contributed by atoms with Crippen LogP contribution in [0, 0.1) is 5.92 Å². The number of halogens is 1. The largest absolute Gasteiger partial charge is 0.496 e. The van der Waals surface area contributed by atoms with Crippen molar-refractivity contribution in [2.24, 2.45) is 5.92 Å². The zero-order valence-corrected chi connectivity index (χ0v) is 12.0. The van der Waals surface area contributed by atoms with Crippen molar-refractivity contribution in [2.75, 3.05) is 7.11 Å². The van der Waals surface area contributed by atoms with Crippen LogP contribution in [0.3, 0.4) is 0 Å². The van der Waals surface area contributed by atoms with Gasteiger partial charge in [0, 0.05) is 10.9 Å². The maximum absolute atomic E-state index is 10.4. The van der Waals surface area contributed by atoms with E-state index in [2.05, 4.69) is 15.9 Å². The molecular weight excluding hydrogens is 280 g/mol. The van der Waals surface area contributed by atoms with Gasteiger partial charge in [0.1, 0.15) is 5.75 Å². The molecule has 0 amide bonds. The van der Waals surface area contributed by atoms with Crippen molar-refractivity contribution in [3.63, 3.8) is 0 Å². The highest BCUT2D eigenvalue weighted by atomic mass is 79.9. The molecule has 2 nitrogen and oxygen atoms in total. The lowest BCUT2D eigenvalue weighted by molar-refractivity contribution is 0.0449. The van der Waals surface area contributed by atoms with Gasteiger partial charge in [-0.05, 0) is 43.0 Å². The molecule has 3 heteroatoms. The Kier molecular flexibility index (Phi) is 3.79. The first-order valence-electron chi connectivity index (χ1n) is 6.05. The Morgan fingerprint density at radius 1 is 1.47 bits per heavy atom. The van der Waals surface area contributed by atoms with Gasteiger partial charge in [-0.3, -0.25) is 0 Å². The van der Waals surface area contributed by atoms with Crippen LogP contribution < -0.4 is 4.74 Å². The molecule has 1 N–H and O–H groups in total. The molecule has 1 aromatic carbocycles. The molecule has 1 fully saturated rings. The van der Waals surface area contributed by atoms with Crippen molar-refractivity contribution in [3.8, 4) is 5.75 Å². The molecule has 1 aliphatic rings. The summed E-state index contributed by atoms with van der Waals surface area (Å²) < 4.78 is 6.36. The number of benzene rings is 1. The van der Waals surface area contributed by atoms with Crippen LogP contribution in [0.5, 0.6) is 5.75 Å². The molecule has 1 saturated carbocycles. The Morgan fingerprint density at radius 2 is 2.18 bits per heavy atom. The van der Waals surface area contributed by atoms with E-state index in [1.807, 2.05) is 25.1 Å². The Balaban J connectivity index is 2.12.